The van der Waals surface area contributed by atoms with Crippen LogP contribution in [0, 0.1) is 5.82 Å². The summed E-state index contributed by atoms with van der Waals surface area (Å²) in [5, 5.41) is 9.80. The number of benzene rings is 1. The Hall–Kier alpha value is -3.80. The average molecular weight is 583 g/mol. The lowest BCUT2D eigenvalue weighted by Gasteiger charge is -2.18. The zero-order valence-electron chi connectivity index (χ0n) is 21.1. The summed E-state index contributed by atoms with van der Waals surface area (Å²) in [7, 11) is 3.66. The van der Waals surface area contributed by atoms with Crippen molar-refractivity contribution in [2.45, 2.75) is 19.5 Å². The van der Waals surface area contributed by atoms with Gasteiger partial charge in [0.05, 0.1) is 39.0 Å². The van der Waals surface area contributed by atoms with Crippen LogP contribution in [-0.2, 0) is 19.5 Å². The van der Waals surface area contributed by atoms with Crippen molar-refractivity contribution in [3.8, 4) is 11.3 Å². The van der Waals surface area contributed by atoms with Crippen LogP contribution in [0.4, 0.5) is 15.9 Å². The van der Waals surface area contributed by atoms with Crippen molar-refractivity contribution in [1.29, 1.82) is 0 Å². The quantitative estimate of drug-likeness (QED) is 0.242. The van der Waals surface area contributed by atoms with Crippen molar-refractivity contribution in [2.24, 2.45) is 0 Å². The Morgan fingerprint density at radius 1 is 1.18 bits per heavy atom. The van der Waals surface area contributed by atoms with Crippen LogP contribution < -0.4 is 15.8 Å². The molecule has 0 atom stereocenters. The van der Waals surface area contributed by atoms with Crippen molar-refractivity contribution < 1.29 is 9.18 Å². The number of nitrogens with one attached hydrogen (secondary N) is 1. The van der Waals surface area contributed by atoms with Gasteiger partial charge < -0.3 is 14.8 Å². The summed E-state index contributed by atoms with van der Waals surface area (Å²) in [6.45, 7) is 0.823. The molecule has 1 N–H and O–H groups in total. The summed E-state index contributed by atoms with van der Waals surface area (Å²) in [6.07, 6.45) is 2.34. The number of aryl methyl sites for hydroxylation is 2. The van der Waals surface area contributed by atoms with E-state index in [9.17, 15) is 14.0 Å². The standard InChI is InChI=1S/C27H24ClFN6O2S2/c1-33(2)23-12-26(36)34(10-9-17-15-38-16-31-17)14-20(23)22-11-25(30-13-18-7-8-24(28)39-18)35(32-22)27(37)19-5-3-4-6-21(19)29/h3-8,11-12,14-16,30H,9-10,13H2,1-2H3. The van der Waals surface area contributed by atoms with Gasteiger partial charge in [-0.05, 0) is 24.3 Å². The van der Waals surface area contributed by atoms with Gasteiger partial charge >= 0.3 is 0 Å². The normalized spacial score (nSPS) is 11.1. The predicted molar refractivity (Wildman–Crippen MR) is 155 cm³/mol. The first-order chi connectivity index (χ1) is 18.8. The molecule has 0 aliphatic rings. The van der Waals surface area contributed by atoms with Gasteiger partial charge in [-0.2, -0.15) is 9.78 Å². The predicted octanol–water partition coefficient (Wildman–Crippen LogP) is 5.63. The smallest absolute Gasteiger partial charge is 0.283 e. The Balaban J connectivity index is 1.57. The number of thiazole rings is 1. The number of hydrogen-bond acceptors (Lipinski definition) is 8. The molecule has 1 aromatic carbocycles. The van der Waals surface area contributed by atoms with Gasteiger partial charge in [-0.25, -0.2) is 9.37 Å². The fourth-order valence-corrected chi connectivity index (χ4v) is 5.69. The molecule has 0 amide bonds. The van der Waals surface area contributed by atoms with E-state index < -0.39 is 11.7 Å². The molecular weight excluding hydrogens is 559 g/mol. The largest absolute Gasteiger partial charge is 0.377 e. The van der Waals surface area contributed by atoms with Crippen molar-refractivity contribution in [3.63, 3.8) is 0 Å². The minimum absolute atomic E-state index is 0.101. The number of rotatable bonds is 9. The van der Waals surface area contributed by atoms with Gasteiger partial charge in [0.1, 0.15) is 11.6 Å². The molecule has 0 bridgehead atoms. The van der Waals surface area contributed by atoms with Gasteiger partial charge in [0.25, 0.3) is 11.5 Å². The summed E-state index contributed by atoms with van der Waals surface area (Å²) in [6, 6.07) is 12.8. The summed E-state index contributed by atoms with van der Waals surface area (Å²) < 4.78 is 18.0. The highest BCUT2D eigenvalue weighted by molar-refractivity contribution is 7.16. The Labute approximate surface area is 236 Å². The van der Waals surface area contributed by atoms with Gasteiger partial charge in [0.15, 0.2) is 0 Å². The fraction of sp³-hybridized carbons (Fsp3) is 0.185. The average Bonchev–Trinajstić information content (AvgIpc) is 3.68. The highest BCUT2D eigenvalue weighted by Gasteiger charge is 2.22. The minimum atomic E-state index is -0.639. The summed E-state index contributed by atoms with van der Waals surface area (Å²) >= 11 is 9.00. The molecule has 12 heteroatoms. The maximum atomic E-state index is 14.6. The van der Waals surface area contributed by atoms with Crippen LogP contribution in [-0.4, -0.2) is 39.3 Å². The molecule has 0 aliphatic heterocycles. The molecule has 4 aromatic heterocycles. The number of carbonyl (C=O) groups excluding carboxylic acids is 1. The number of nitrogens with zero attached hydrogens (tertiary/aromatic N) is 5. The number of hydrogen-bond donors (Lipinski definition) is 1. The Morgan fingerprint density at radius 3 is 2.69 bits per heavy atom. The second-order valence-corrected chi connectivity index (χ2v) is 11.4. The Kier molecular flexibility index (Phi) is 7.92. The zero-order chi connectivity index (χ0) is 27.5. The van der Waals surface area contributed by atoms with Crippen LogP contribution >= 0.6 is 34.3 Å². The van der Waals surface area contributed by atoms with E-state index in [4.69, 9.17) is 11.6 Å². The van der Waals surface area contributed by atoms with Crippen LogP contribution in [0.5, 0.6) is 0 Å². The van der Waals surface area contributed by atoms with E-state index >= 15 is 0 Å². The highest BCUT2D eigenvalue weighted by Crippen LogP contribution is 2.31. The fourth-order valence-electron chi connectivity index (χ4n) is 4.07. The van der Waals surface area contributed by atoms with Crippen LogP contribution in [0.1, 0.15) is 20.9 Å². The Morgan fingerprint density at radius 2 is 2.00 bits per heavy atom. The molecule has 200 valence electrons. The van der Waals surface area contributed by atoms with E-state index in [0.717, 1.165) is 15.3 Å². The lowest BCUT2D eigenvalue weighted by molar-refractivity contribution is 0.0944. The molecule has 0 unspecified atom stereocenters. The van der Waals surface area contributed by atoms with Gasteiger partial charge in [0, 0.05) is 61.2 Å². The van der Waals surface area contributed by atoms with Gasteiger partial charge in [-0.1, -0.05) is 23.7 Å². The first-order valence-electron chi connectivity index (χ1n) is 12.0. The lowest BCUT2D eigenvalue weighted by atomic mass is 10.1. The van der Waals surface area contributed by atoms with Gasteiger partial charge in [-0.3, -0.25) is 9.59 Å². The van der Waals surface area contributed by atoms with Crippen molar-refractivity contribution in [2.75, 3.05) is 24.3 Å². The molecule has 0 saturated carbocycles. The van der Waals surface area contributed by atoms with E-state index in [1.165, 1.54) is 40.9 Å². The molecule has 5 rings (SSSR count). The summed E-state index contributed by atoms with van der Waals surface area (Å²) in [5.41, 5.74) is 4.16. The Bertz CT molecular complexity index is 1680. The van der Waals surface area contributed by atoms with E-state index in [0.29, 0.717) is 46.6 Å². The van der Waals surface area contributed by atoms with Crippen molar-refractivity contribution >= 4 is 51.7 Å². The number of carbonyl (C=O) groups is 1. The SMILES string of the molecule is CN(C)c1cc(=O)n(CCc2cscn2)cc1-c1cc(NCc2ccc(Cl)s2)n(C(=O)c2ccccc2F)n1. The molecule has 8 nitrogen and oxygen atoms in total. The molecule has 0 fully saturated rings. The molecule has 0 saturated heterocycles. The second kappa shape index (κ2) is 11.5. The lowest BCUT2D eigenvalue weighted by Crippen LogP contribution is -2.23. The molecule has 39 heavy (non-hydrogen) atoms. The van der Waals surface area contributed by atoms with Gasteiger partial charge in [0.2, 0.25) is 0 Å². The second-order valence-electron chi connectivity index (χ2n) is 8.90. The van der Waals surface area contributed by atoms with Crippen molar-refractivity contribution in [3.05, 3.63) is 102 Å². The van der Waals surface area contributed by atoms with E-state index in [1.807, 2.05) is 30.4 Å². The van der Waals surface area contributed by atoms with E-state index in [2.05, 4.69) is 15.4 Å². The maximum absolute atomic E-state index is 14.6. The van der Waals surface area contributed by atoms with Gasteiger partial charge in [-0.15, -0.1) is 22.7 Å². The van der Waals surface area contributed by atoms with Crippen molar-refractivity contribution in [1.82, 2.24) is 19.3 Å². The molecule has 0 spiro atoms. The summed E-state index contributed by atoms with van der Waals surface area (Å²) in [5.74, 6) is -0.873. The number of anilines is 2. The van der Waals surface area contributed by atoms with E-state index in [1.54, 1.807) is 40.5 Å². The minimum Gasteiger partial charge on any atom is -0.377 e. The first-order valence-corrected chi connectivity index (χ1v) is 14.1. The van der Waals surface area contributed by atoms with Crippen LogP contribution in [0.3, 0.4) is 0 Å². The topological polar surface area (TPSA) is 85.0 Å². The maximum Gasteiger partial charge on any atom is 0.283 e. The number of pyridine rings is 1. The molecule has 5 aromatic rings. The van der Waals surface area contributed by atoms with Crippen LogP contribution in [0.25, 0.3) is 11.3 Å². The van der Waals surface area contributed by atoms with Crippen LogP contribution in [0.15, 0.2) is 70.4 Å². The molecule has 4 heterocycles. The third-order valence-corrected chi connectivity index (χ3v) is 7.90. The highest BCUT2D eigenvalue weighted by atomic mass is 35.5. The summed E-state index contributed by atoms with van der Waals surface area (Å²) in [4.78, 5) is 33.5. The monoisotopic (exact) mass is 582 g/mol. The zero-order valence-corrected chi connectivity index (χ0v) is 23.5. The number of thiophene rings is 1. The number of aromatic nitrogens is 4. The third-order valence-electron chi connectivity index (χ3n) is 6.03. The van der Waals surface area contributed by atoms with Crippen LogP contribution in [0.2, 0.25) is 4.34 Å². The molecule has 0 aliphatic carbocycles. The molecule has 0 radical (unpaired) electrons. The number of halogens is 2. The first kappa shape index (κ1) is 26.8. The van der Waals surface area contributed by atoms with E-state index in [-0.39, 0.29) is 11.1 Å². The third kappa shape index (κ3) is 5.95. The molecular formula is C27H24ClFN6O2S2.